The van der Waals surface area contributed by atoms with Crippen LogP contribution in [0.2, 0.25) is 0 Å². The average molecular weight is 296 g/mol. The largest absolute Gasteiger partial charge is 0.481 e. The van der Waals surface area contributed by atoms with E-state index >= 15 is 0 Å². The van der Waals surface area contributed by atoms with Crippen LogP contribution in [0, 0.1) is 11.3 Å². The number of amides is 2. The first-order chi connectivity index (χ1) is 10.1. The van der Waals surface area contributed by atoms with Crippen molar-refractivity contribution in [3.05, 3.63) is 0 Å². The Morgan fingerprint density at radius 2 is 2.05 bits per heavy atom. The van der Waals surface area contributed by atoms with Gasteiger partial charge < -0.3 is 20.1 Å². The Morgan fingerprint density at radius 3 is 2.81 bits per heavy atom. The summed E-state index contributed by atoms with van der Waals surface area (Å²) in [6.07, 6.45) is 5.33. The van der Waals surface area contributed by atoms with Gasteiger partial charge in [0.2, 0.25) is 0 Å². The van der Waals surface area contributed by atoms with Gasteiger partial charge in [0.25, 0.3) is 0 Å². The predicted octanol–water partition coefficient (Wildman–Crippen LogP) is 1.45. The number of hydrogen-bond donors (Lipinski definition) is 2. The summed E-state index contributed by atoms with van der Waals surface area (Å²) in [6.45, 7) is 2.40. The lowest BCUT2D eigenvalue weighted by Gasteiger charge is -2.25. The number of fused-ring (bicyclic) bond motifs is 1. The molecule has 3 rings (SSSR count). The van der Waals surface area contributed by atoms with E-state index in [2.05, 4.69) is 5.32 Å². The number of hydrogen-bond acceptors (Lipinski definition) is 3. The van der Waals surface area contributed by atoms with E-state index in [1.807, 2.05) is 0 Å². The van der Waals surface area contributed by atoms with Crippen LogP contribution >= 0.6 is 0 Å². The molecule has 3 atom stereocenters. The lowest BCUT2D eigenvalue weighted by atomic mass is 9.81. The van der Waals surface area contributed by atoms with Crippen molar-refractivity contribution < 1.29 is 19.4 Å². The molecule has 1 saturated carbocycles. The topological polar surface area (TPSA) is 78.9 Å². The molecule has 3 fully saturated rings. The van der Waals surface area contributed by atoms with Gasteiger partial charge in [-0.2, -0.15) is 0 Å². The van der Waals surface area contributed by atoms with Crippen LogP contribution in [-0.4, -0.2) is 54.4 Å². The van der Waals surface area contributed by atoms with Gasteiger partial charge in [-0.15, -0.1) is 0 Å². The fourth-order valence-corrected chi connectivity index (χ4v) is 4.11. The van der Waals surface area contributed by atoms with Crippen LogP contribution in [0.4, 0.5) is 4.79 Å². The summed E-state index contributed by atoms with van der Waals surface area (Å²) in [5, 5.41) is 12.6. The van der Waals surface area contributed by atoms with Gasteiger partial charge in [-0.25, -0.2) is 4.79 Å². The summed E-state index contributed by atoms with van der Waals surface area (Å²) in [5.41, 5.74) is -0.691. The zero-order valence-corrected chi connectivity index (χ0v) is 12.3. The Bertz CT molecular complexity index is 420. The maximum Gasteiger partial charge on any atom is 0.317 e. The van der Waals surface area contributed by atoms with Crippen molar-refractivity contribution >= 4 is 12.0 Å². The third-order valence-corrected chi connectivity index (χ3v) is 5.36. The maximum absolute atomic E-state index is 12.4. The molecule has 6 heteroatoms. The van der Waals surface area contributed by atoms with Crippen LogP contribution < -0.4 is 5.32 Å². The predicted molar refractivity (Wildman–Crippen MR) is 76.0 cm³/mol. The van der Waals surface area contributed by atoms with Crippen molar-refractivity contribution in [2.24, 2.45) is 11.3 Å². The van der Waals surface area contributed by atoms with E-state index in [1.165, 1.54) is 0 Å². The summed E-state index contributed by atoms with van der Waals surface area (Å²) in [6, 6.07) is 0.0538. The monoisotopic (exact) mass is 296 g/mol. The number of carbonyl (C=O) groups excluding carboxylic acids is 1. The Labute approximate surface area is 124 Å². The van der Waals surface area contributed by atoms with Crippen molar-refractivity contribution in [1.29, 1.82) is 0 Å². The summed E-state index contributed by atoms with van der Waals surface area (Å²) in [4.78, 5) is 25.7. The molecule has 2 aliphatic heterocycles. The number of ether oxygens (including phenoxy) is 1. The van der Waals surface area contributed by atoms with Crippen LogP contribution in [-0.2, 0) is 9.53 Å². The molecule has 0 aromatic carbocycles. The zero-order valence-electron chi connectivity index (χ0n) is 12.3. The van der Waals surface area contributed by atoms with Gasteiger partial charge in [-0.3, -0.25) is 4.79 Å². The number of carboxylic acids is 1. The molecule has 0 radical (unpaired) electrons. The van der Waals surface area contributed by atoms with Crippen molar-refractivity contribution in [2.75, 3.05) is 26.3 Å². The highest BCUT2D eigenvalue weighted by Crippen LogP contribution is 2.48. The smallest absolute Gasteiger partial charge is 0.317 e. The molecule has 2 N–H and O–H groups in total. The maximum atomic E-state index is 12.4. The van der Waals surface area contributed by atoms with Crippen LogP contribution in [0.3, 0.4) is 0 Å². The van der Waals surface area contributed by atoms with E-state index in [1.54, 1.807) is 4.90 Å². The molecule has 0 aromatic rings. The number of likely N-dealkylation sites (tertiary alicyclic amines) is 1. The second-order valence-electron chi connectivity index (χ2n) is 6.62. The Kier molecular flexibility index (Phi) is 4.06. The standard InChI is InChI=1S/C15H24N2O4/c18-13(19)15-6-1-3-11(15)9-17(10-15)14(20)16-12-4-2-7-21-8-5-12/h11-12H,1-10H2,(H,16,20)(H,18,19)/t11-,12?,15+/m0/s1. The Morgan fingerprint density at radius 1 is 1.19 bits per heavy atom. The number of nitrogens with zero attached hydrogens (tertiary/aromatic N) is 1. The molecule has 0 aromatic heterocycles. The van der Waals surface area contributed by atoms with Crippen molar-refractivity contribution in [3.63, 3.8) is 0 Å². The molecular weight excluding hydrogens is 272 g/mol. The minimum atomic E-state index is -0.733. The van der Waals surface area contributed by atoms with E-state index in [0.29, 0.717) is 26.1 Å². The zero-order chi connectivity index (χ0) is 14.9. The van der Waals surface area contributed by atoms with Crippen molar-refractivity contribution in [2.45, 2.75) is 44.6 Å². The van der Waals surface area contributed by atoms with Gasteiger partial charge in [-0.05, 0) is 38.0 Å². The van der Waals surface area contributed by atoms with Gasteiger partial charge in [-0.1, -0.05) is 6.42 Å². The quantitative estimate of drug-likeness (QED) is 0.808. The molecular formula is C15H24N2O4. The SMILES string of the molecule is O=C(NC1CCCOCC1)N1C[C@@H]2CCC[C@@]2(C(=O)O)C1. The minimum Gasteiger partial charge on any atom is -0.481 e. The van der Waals surface area contributed by atoms with Crippen molar-refractivity contribution in [3.8, 4) is 0 Å². The molecule has 0 spiro atoms. The van der Waals surface area contributed by atoms with Crippen LogP contribution in [0.15, 0.2) is 0 Å². The average Bonchev–Trinajstić information content (AvgIpc) is 2.90. The molecule has 2 amide bonds. The molecule has 3 aliphatic rings. The molecule has 118 valence electrons. The first kappa shape index (κ1) is 14.6. The third-order valence-electron chi connectivity index (χ3n) is 5.36. The Hall–Kier alpha value is -1.30. The summed E-state index contributed by atoms with van der Waals surface area (Å²) >= 11 is 0. The van der Waals surface area contributed by atoms with E-state index < -0.39 is 11.4 Å². The number of rotatable bonds is 2. The number of aliphatic carboxylic acids is 1. The van der Waals surface area contributed by atoms with Gasteiger partial charge in [0.15, 0.2) is 0 Å². The van der Waals surface area contributed by atoms with Gasteiger partial charge in [0, 0.05) is 32.3 Å². The molecule has 1 aliphatic carbocycles. The Balaban J connectivity index is 1.60. The molecule has 2 saturated heterocycles. The van der Waals surface area contributed by atoms with Crippen LogP contribution in [0.25, 0.3) is 0 Å². The second kappa shape index (κ2) is 5.83. The summed E-state index contributed by atoms with van der Waals surface area (Å²) in [7, 11) is 0. The fraction of sp³-hybridized carbons (Fsp3) is 0.867. The van der Waals surface area contributed by atoms with E-state index in [4.69, 9.17) is 4.74 Å². The first-order valence-corrected chi connectivity index (χ1v) is 7.98. The first-order valence-electron chi connectivity index (χ1n) is 7.98. The number of carboxylic acid groups (broad SMARTS) is 1. The molecule has 2 heterocycles. The van der Waals surface area contributed by atoms with Crippen molar-refractivity contribution in [1.82, 2.24) is 10.2 Å². The molecule has 6 nitrogen and oxygen atoms in total. The van der Waals surface area contributed by atoms with Gasteiger partial charge in [0.1, 0.15) is 0 Å². The number of carbonyl (C=O) groups is 2. The third kappa shape index (κ3) is 2.73. The van der Waals surface area contributed by atoms with Crippen LogP contribution in [0.5, 0.6) is 0 Å². The lowest BCUT2D eigenvalue weighted by molar-refractivity contribution is -0.149. The van der Waals surface area contributed by atoms with E-state index in [0.717, 1.165) is 38.7 Å². The normalized spacial score (nSPS) is 36.1. The van der Waals surface area contributed by atoms with Gasteiger partial charge in [0.05, 0.1) is 5.41 Å². The second-order valence-corrected chi connectivity index (χ2v) is 6.62. The molecule has 0 bridgehead atoms. The fourth-order valence-electron chi connectivity index (χ4n) is 4.11. The van der Waals surface area contributed by atoms with Gasteiger partial charge >= 0.3 is 12.0 Å². The number of urea groups is 1. The highest BCUT2D eigenvalue weighted by Gasteiger charge is 2.55. The molecule has 1 unspecified atom stereocenters. The van der Waals surface area contributed by atoms with Crippen LogP contribution in [0.1, 0.15) is 38.5 Å². The number of nitrogens with one attached hydrogen (secondary N) is 1. The van der Waals surface area contributed by atoms with E-state index in [-0.39, 0.29) is 18.0 Å². The lowest BCUT2D eigenvalue weighted by Crippen LogP contribution is -2.45. The molecule has 21 heavy (non-hydrogen) atoms. The van der Waals surface area contributed by atoms with E-state index in [9.17, 15) is 14.7 Å². The highest BCUT2D eigenvalue weighted by atomic mass is 16.5. The minimum absolute atomic E-state index is 0.100. The summed E-state index contributed by atoms with van der Waals surface area (Å²) in [5.74, 6) is -0.610. The summed E-state index contributed by atoms with van der Waals surface area (Å²) < 4.78 is 5.40. The highest BCUT2D eigenvalue weighted by molar-refractivity contribution is 5.80.